The number of rotatable bonds is 6. The minimum absolute atomic E-state index is 0. The summed E-state index contributed by atoms with van der Waals surface area (Å²) >= 11 is 0. The second kappa shape index (κ2) is 46.5. The molecule has 0 aromatic heterocycles. The maximum atomic E-state index is 4.12. The fraction of sp³-hybridized carbons (Fsp3) is 0.600. The van der Waals surface area contributed by atoms with Crippen molar-refractivity contribution in [3.05, 3.63) is 67.9 Å². The molecule has 0 N–H and O–H groups in total. The van der Waals surface area contributed by atoms with E-state index in [4.69, 9.17) is 0 Å². The molecule has 0 aliphatic heterocycles. The molecule has 0 saturated carbocycles. The van der Waals surface area contributed by atoms with Gasteiger partial charge in [-0.1, -0.05) is 38.2 Å². The van der Waals surface area contributed by atoms with Gasteiger partial charge >= 0.3 is 42.1 Å². The van der Waals surface area contributed by atoms with E-state index in [9.17, 15) is 0 Å². The Hall–Kier alpha value is -0.463. The molecule has 2 aliphatic carbocycles. The predicted octanol–water partition coefficient (Wildman–Crippen LogP) is 10.8. The average Bonchev–Trinajstić information content (AvgIpc) is 2.75. The fourth-order valence-corrected chi connectivity index (χ4v) is 2.54. The molecule has 0 bridgehead atoms. The van der Waals surface area contributed by atoms with Gasteiger partial charge in [0.25, 0.3) is 0 Å². The summed E-state index contributed by atoms with van der Waals surface area (Å²) in [6.45, 7) is 27.3. The van der Waals surface area contributed by atoms with Gasteiger partial charge in [0.15, 0.2) is 0 Å². The van der Waals surface area contributed by atoms with Crippen molar-refractivity contribution in [2.75, 3.05) is 0 Å². The third-order valence-corrected chi connectivity index (χ3v) is 4.17. The summed E-state index contributed by atoms with van der Waals surface area (Å²) in [6.07, 6.45) is 23.6. The minimum Gasteiger partial charge on any atom is -0.358 e. The van der Waals surface area contributed by atoms with E-state index in [0.29, 0.717) is 29.6 Å². The van der Waals surface area contributed by atoms with Gasteiger partial charge in [-0.2, -0.15) is 12.8 Å². The van der Waals surface area contributed by atoms with Crippen LogP contribution >= 0.6 is 0 Å². The molecule has 1 spiro atoms. The molecule has 0 aromatic carbocycles. The Labute approximate surface area is 290 Å². The van der Waals surface area contributed by atoms with Crippen molar-refractivity contribution in [3.8, 4) is 0 Å². The number of hydrogen-bond donors (Lipinski definition) is 0. The van der Waals surface area contributed by atoms with E-state index >= 15 is 0 Å². The van der Waals surface area contributed by atoms with E-state index in [1.165, 1.54) is 25.7 Å². The van der Waals surface area contributed by atoms with Crippen LogP contribution in [0, 0.1) is 49.0 Å². The number of nitrogens with zero attached hydrogens (tertiary/aromatic N) is 4. The van der Waals surface area contributed by atoms with E-state index in [1.807, 2.05) is 69.2 Å². The van der Waals surface area contributed by atoms with Crippen LogP contribution in [0.5, 0.6) is 0 Å². The normalized spacial score (nSPS) is 15.8. The Morgan fingerprint density at radius 3 is 0.976 bits per heavy atom. The Morgan fingerprint density at radius 2 is 0.854 bits per heavy atom. The van der Waals surface area contributed by atoms with Crippen LogP contribution in [0.1, 0.15) is 108 Å². The number of hydrogen-bond acceptors (Lipinski definition) is 4. The van der Waals surface area contributed by atoms with E-state index < -0.39 is 0 Å². The summed E-state index contributed by atoms with van der Waals surface area (Å²) in [4.78, 5) is 16.5. The quantitative estimate of drug-likeness (QED) is 0.145. The van der Waals surface area contributed by atoms with Crippen LogP contribution in [0.2, 0.25) is 0 Å². The second-order valence-electron chi connectivity index (χ2n) is 9.75. The van der Waals surface area contributed by atoms with Crippen LogP contribution in [0.15, 0.2) is 44.3 Å². The van der Waals surface area contributed by atoms with E-state index in [2.05, 4.69) is 58.1 Å². The largest absolute Gasteiger partial charge is 4.00 e. The van der Waals surface area contributed by atoms with Gasteiger partial charge in [0.05, 0.1) is 0 Å². The number of allylic oxidation sites excluding steroid dienone is 4. The van der Waals surface area contributed by atoms with Crippen LogP contribution in [0.25, 0.3) is 0 Å². The van der Waals surface area contributed by atoms with Gasteiger partial charge < -0.3 is 43.6 Å². The standard InChI is InChI=1S/C9H12.2C8H16N2.2C3H7.4CH3.2Pt/c1-2-5-9(6-3-1)7-4-8-9;2*1-7(2)9-5-6-10-8(3)4;2*1-3-2;;;;;;/h1-2,4,7H,3,5-6,8H2;2*5-8H,1-4H3;2*1,3H2,2H3;4*1H3;;/q;;;6*-1;+2;+4. The summed E-state index contributed by atoms with van der Waals surface area (Å²) < 4.78 is 0. The first-order chi connectivity index (χ1) is 16.5. The van der Waals surface area contributed by atoms with Crippen LogP contribution in [-0.2, 0) is 42.1 Å². The molecule has 1 unspecified atom stereocenters. The zero-order chi connectivity index (χ0) is 27.5. The Kier molecular flexibility index (Phi) is 72.2. The molecule has 2 rings (SSSR count). The van der Waals surface area contributed by atoms with Gasteiger partial charge in [-0.3, -0.25) is 20.0 Å². The molecule has 4 nitrogen and oxygen atoms in total. The Balaban J connectivity index is -0.0000000456. The second-order valence-corrected chi connectivity index (χ2v) is 9.75. The smallest absolute Gasteiger partial charge is 0.358 e. The van der Waals surface area contributed by atoms with Crippen LogP contribution in [0.3, 0.4) is 0 Å². The summed E-state index contributed by atoms with van der Waals surface area (Å²) in [5.74, 6) is 0. The van der Waals surface area contributed by atoms with Gasteiger partial charge in [0.1, 0.15) is 0 Å². The Bertz CT molecular complexity index is 554. The van der Waals surface area contributed by atoms with Gasteiger partial charge in [0.2, 0.25) is 0 Å². The monoisotopic (exact) mass is 936 g/mol. The molecule has 0 radical (unpaired) electrons. The molecule has 250 valence electrons. The zero-order valence-electron chi connectivity index (χ0n) is 29.5. The predicted molar refractivity (Wildman–Crippen MR) is 191 cm³/mol. The summed E-state index contributed by atoms with van der Waals surface area (Å²) in [5, 5.41) is 0. The van der Waals surface area contributed by atoms with Gasteiger partial charge in [-0.25, -0.2) is 0 Å². The van der Waals surface area contributed by atoms with E-state index in [-0.39, 0.29) is 71.8 Å². The molecule has 0 heterocycles. The Morgan fingerprint density at radius 1 is 0.610 bits per heavy atom. The van der Waals surface area contributed by atoms with E-state index in [1.54, 1.807) is 24.9 Å². The summed E-state index contributed by atoms with van der Waals surface area (Å²) in [5.41, 5.74) is 0.634. The SMILES string of the molecule is C1=CCC2(C=CC2)CC1.CC(C)N=CC=NC(C)C.CC(C)N=CC=NC(C)C.[CH2-]CC.[CH2-]CC.[CH3-].[CH3-].[CH3-].[CH3-].[Pt+2].[Pt+4]. The first-order valence-electron chi connectivity index (χ1n) is 13.5. The fourth-order valence-electron chi connectivity index (χ4n) is 2.54. The van der Waals surface area contributed by atoms with Crippen LogP contribution in [0.4, 0.5) is 0 Å². The van der Waals surface area contributed by atoms with E-state index in [0.717, 1.165) is 12.8 Å². The molecular weight excluding hydrogens is 867 g/mol. The molecule has 41 heavy (non-hydrogen) atoms. The van der Waals surface area contributed by atoms with Gasteiger partial charge in [0, 0.05) is 49.0 Å². The van der Waals surface area contributed by atoms with Crippen molar-refractivity contribution >= 4 is 24.9 Å². The number of aliphatic imine (C=N–C) groups is 4. The van der Waals surface area contributed by atoms with Crippen molar-refractivity contribution in [2.45, 2.75) is 132 Å². The molecule has 0 fully saturated rings. The molecule has 0 saturated heterocycles. The van der Waals surface area contributed by atoms with Crippen molar-refractivity contribution in [2.24, 2.45) is 25.4 Å². The van der Waals surface area contributed by atoms with Crippen LogP contribution < -0.4 is 0 Å². The molecule has 6 heteroatoms. The summed E-state index contributed by atoms with van der Waals surface area (Å²) in [6, 6.07) is 1.49. The maximum absolute atomic E-state index is 4.12. The molecule has 2 aliphatic rings. The molecule has 1 atom stereocenters. The van der Waals surface area contributed by atoms with Gasteiger partial charge in [-0.15, -0.1) is 0 Å². The first-order valence-corrected chi connectivity index (χ1v) is 13.5. The van der Waals surface area contributed by atoms with Gasteiger partial charge in [-0.05, 0) is 86.5 Å². The average molecular weight is 937 g/mol. The minimum atomic E-state index is 0. The zero-order valence-corrected chi connectivity index (χ0v) is 34.1. The topological polar surface area (TPSA) is 49.4 Å². The molecule has 0 aromatic rings. The first kappa shape index (κ1) is 63.7. The third-order valence-electron chi connectivity index (χ3n) is 4.17. The maximum Gasteiger partial charge on any atom is 4.00 e. The van der Waals surface area contributed by atoms with Crippen molar-refractivity contribution in [1.29, 1.82) is 0 Å². The summed E-state index contributed by atoms with van der Waals surface area (Å²) in [7, 11) is 0. The van der Waals surface area contributed by atoms with Crippen molar-refractivity contribution in [1.82, 2.24) is 0 Å². The van der Waals surface area contributed by atoms with Crippen molar-refractivity contribution in [3.63, 3.8) is 0 Å². The third kappa shape index (κ3) is 56.0. The van der Waals surface area contributed by atoms with Crippen LogP contribution in [-0.4, -0.2) is 49.0 Å². The molecular formula is C35H70N4Pt2. The molecule has 0 amide bonds. The van der Waals surface area contributed by atoms with Crippen molar-refractivity contribution < 1.29 is 42.1 Å².